The molecule has 1 atom stereocenters. The highest BCUT2D eigenvalue weighted by Gasteiger charge is 2.17. The van der Waals surface area contributed by atoms with Crippen LogP contribution in [-0.4, -0.2) is 40.7 Å². The quantitative estimate of drug-likeness (QED) is 0.442. The molecule has 6 nitrogen and oxygen atoms in total. The van der Waals surface area contributed by atoms with Crippen molar-refractivity contribution in [2.45, 2.75) is 26.0 Å². The number of ether oxygens (including phenoxy) is 2. The van der Waals surface area contributed by atoms with E-state index in [2.05, 4.69) is 26.1 Å². The maximum atomic E-state index is 14.5. The van der Waals surface area contributed by atoms with Crippen molar-refractivity contribution < 1.29 is 19.0 Å². The molecule has 160 valence electrons. The van der Waals surface area contributed by atoms with Crippen molar-refractivity contribution in [2.24, 2.45) is 5.73 Å². The third kappa shape index (κ3) is 5.67. The van der Waals surface area contributed by atoms with Gasteiger partial charge in [-0.1, -0.05) is 38.9 Å². The number of benzene rings is 2. The minimum Gasteiger partial charge on any atom is -0.491 e. The van der Waals surface area contributed by atoms with Gasteiger partial charge in [0.1, 0.15) is 22.4 Å². The number of rotatable bonds is 8. The van der Waals surface area contributed by atoms with E-state index in [-0.39, 0.29) is 30.1 Å². The van der Waals surface area contributed by atoms with E-state index in [0.717, 1.165) is 10.0 Å². The Morgan fingerprint density at radius 1 is 1.20 bits per heavy atom. The fraction of sp³-hybridized carbons (Fsp3) is 0.300. The van der Waals surface area contributed by atoms with Crippen molar-refractivity contribution in [2.75, 3.05) is 13.2 Å². The standard InChI is InChI=1S/C20H20BrClFN3O3S/c1-10(2)29-14-4-11(3-12(21)5-14)19-25-26-20(30-19)15-6-17(23)18(7-16(15)22)28-9-13(24)8-27/h3-7,10,13,27H,8-9,24H2,1-2H3/t13-/m1/s1. The van der Waals surface area contributed by atoms with Crippen LogP contribution in [0.4, 0.5) is 4.39 Å². The molecule has 0 amide bonds. The maximum absolute atomic E-state index is 14.5. The Bertz CT molecular complexity index is 1030. The zero-order valence-electron chi connectivity index (χ0n) is 16.2. The molecule has 2 aromatic carbocycles. The summed E-state index contributed by atoms with van der Waals surface area (Å²) in [6, 6.07) is 7.66. The highest BCUT2D eigenvalue weighted by molar-refractivity contribution is 9.10. The summed E-state index contributed by atoms with van der Waals surface area (Å²) in [6.45, 7) is 3.60. The number of halogens is 3. The lowest BCUT2D eigenvalue weighted by Crippen LogP contribution is -2.31. The molecule has 0 aliphatic rings. The first kappa shape index (κ1) is 22.9. The molecule has 0 bridgehead atoms. The van der Waals surface area contributed by atoms with E-state index in [1.54, 1.807) is 0 Å². The predicted molar refractivity (Wildman–Crippen MR) is 120 cm³/mol. The molecule has 0 saturated heterocycles. The van der Waals surface area contributed by atoms with Crippen molar-refractivity contribution >= 4 is 38.9 Å². The molecule has 3 N–H and O–H groups in total. The highest BCUT2D eigenvalue weighted by atomic mass is 79.9. The van der Waals surface area contributed by atoms with Gasteiger partial charge in [-0.25, -0.2) is 4.39 Å². The van der Waals surface area contributed by atoms with E-state index in [1.165, 1.54) is 23.5 Å². The summed E-state index contributed by atoms with van der Waals surface area (Å²) in [4.78, 5) is 0. The molecule has 10 heteroatoms. The van der Waals surface area contributed by atoms with Gasteiger partial charge in [-0.05, 0) is 38.1 Å². The molecule has 30 heavy (non-hydrogen) atoms. The third-order valence-electron chi connectivity index (χ3n) is 3.85. The van der Waals surface area contributed by atoms with Gasteiger partial charge in [0.2, 0.25) is 0 Å². The first-order valence-electron chi connectivity index (χ1n) is 9.06. The fourth-order valence-corrected chi connectivity index (χ4v) is 4.16. The average Bonchev–Trinajstić information content (AvgIpc) is 3.17. The number of hydrogen-bond acceptors (Lipinski definition) is 7. The molecule has 3 aromatic rings. The van der Waals surface area contributed by atoms with Gasteiger partial charge in [0.15, 0.2) is 11.6 Å². The van der Waals surface area contributed by atoms with Crippen LogP contribution >= 0.6 is 38.9 Å². The zero-order chi connectivity index (χ0) is 21.8. The van der Waals surface area contributed by atoms with Crippen LogP contribution in [0, 0.1) is 5.82 Å². The molecule has 0 spiro atoms. The van der Waals surface area contributed by atoms with Crippen LogP contribution in [0.2, 0.25) is 5.02 Å². The Balaban J connectivity index is 1.87. The van der Waals surface area contributed by atoms with Gasteiger partial charge >= 0.3 is 0 Å². The molecule has 0 unspecified atom stereocenters. The molecule has 0 aliphatic carbocycles. The van der Waals surface area contributed by atoms with Crippen molar-refractivity contribution in [3.05, 3.63) is 45.6 Å². The van der Waals surface area contributed by atoms with Crippen molar-refractivity contribution in [3.8, 4) is 32.6 Å². The number of aliphatic hydroxyl groups is 1. The summed E-state index contributed by atoms with van der Waals surface area (Å²) >= 11 is 11.1. The Hall–Kier alpha value is -1.78. The number of hydrogen-bond donors (Lipinski definition) is 2. The fourth-order valence-electron chi connectivity index (χ4n) is 2.53. The summed E-state index contributed by atoms with van der Waals surface area (Å²) in [5.41, 5.74) is 6.80. The number of aromatic nitrogens is 2. The van der Waals surface area contributed by atoms with Crippen LogP contribution in [0.5, 0.6) is 11.5 Å². The van der Waals surface area contributed by atoms with E-state index >= 15 is 0 Å². The number of nitrogens with zero attached hydrogens (tertiary/aromatic N) is 2. The average molecular weight is 517 g/mol. The molecule has 0 fully saturated rings. The maximum Gasteiger partial charge on any atom is 0.165 e. The summed E-state index contributed by atoms with van der Waals surface area (Å²) in [5, 5.41) is 18.7. The van der Waals surface area contributed by atoms with E-state index in [1.807, 2.05) is 32.0 Å². The topological polar surface area (TPSA) is 90.5 Å². The van der Waals surface area contributed by atoms with E-state index in [4.69, 9.17) is 31.9 Å². The number of nitrogens with two attached hydrogens (primary N) is 1. The molecular formula is C20H20BrClFN3O3S. The summed E-state index contributed by atoms with van der Waals surface area (Å²) in [7, 11) is 0. The van der Waals surface area contributed by atoms with Crippen molar-refractivity contribution in [1.82, 2.24) is 10.2 Å². The van der Waals surface area contributed by atoms with Gasteiger partial charge in [0.05, 0.1) is 23.8 Å². The van der Waals surface area contributed by atoms with E-state index in [0.29, 0.717) is 21.3 Å². The Kier molecular flexibility index (Phi) is 7.65. The molecule has 3 rings (SSSR count). The minimum absolute atomic E-state index is 0.0320. The van der Waals surface area contributed by atoms with Gasteiger partial charge in [-0.15, -0.1) is 10.2 Å². The second kappa shape index (κ2) is 10.0. The lowest BCUT2D eigenvalue weighted by molar-refractivity contribution is 0.202. The van der Waals surface area contributed by atoms with Gasteiger partial charge in [-0.2, -0.15) is 0 Å². The van der Waals surface area contributed by atoms with E-state index in [9.17, 15) is 4.39 Å². The third-order valence-corrected chi connectivity index (χ3v) is 5.63. The molecule has 1 heterocycles. The van der Waals surface area contributed by atoms with Crippen molar-refractivity contribution in [1.29, 1.82) is 0 Å². The molecule has 0 saturated carbocycles. The number of aliphatic hydroxyl groups excluding tert-OH is 1. The Morgan fingerprint density at radius 3 is 2.63 bits per heavy atom. The SMILES string of the molecule is CC(C)Oc1cc(Br)cc(-c2nnc(-c3cc(F)c(OC[C@H](N)CO)cc3Cl)s2)c1. The van der Waals surface area contributed by atoms with Gasteiger partial charge in [-0.3, -0.25) is 0 Å². The molecule has 1 aromatic heterocycles. The smallest absolute Gasteiger partial charge is 0.165 e. The lowest BCUT2D eigenvalue weighted by atomic mass is 10.2. The Labute approximate surface area is 190 Å². The minimum atomic E-state index is -0.608. The molecule has 0 aliphatic heterocycles. The van der Waals surface area contributed by atoms with Crippen LogP contribution in [0.25, 0.3) is 21.1 Å². The van der Waals surface area contributed by atoms with Gasteiger partial charge in [0, 0.05) is 21.7 Å². The summed E-state index contributed by atoms with van der Waals surface area (Å²) in [5.74, 6) is 0.0593. The predicted octanol–water partition coefficient (Wildman–Crippen LogP) is 4.91. The lowest BCUT2D eigenvalue weighted by Gasteiger charge is -2.12. The van der Waals surface area contributed by atoms with Crippen LogP contribution in [0.1, 0.15) is 13.8 Å². The first-order valence-corrected chi connectivity index (χ1v) is 11.1. The van der Waals surface area contributed by atoms with Crippen LogP contribution < -0.4 is 15.2 Å². The molecule has 0 radical (unpaired) electrons. The summed E-state index contributed by atoms with van der Waals surface area (Å²) < 4.78 is 26.4. The van der Waals surface area contributed by atoms with Gasteiger partial charge < -0.3 is 20.3 Å². The largest absolute Gasteiger partial charge is 0.491 e. The first-order chi connectivity index (χ1) is 14.3. The van der Waals surface area contributed by atoms with Crippen LogP contribution in [0.3, 0.4) is 0 Å². The summed E-state index contributed by atoms with van der Waals surface area (Å²) in [6.07, 6.45) is 0.0339. The van der Waals surface area contributed by atoms with Gasteiger partial charge in [0.25, 0.3) is 0 Å². The highest BCUT2D eigenvalue weighted by Crippen LogP contribution is 2.38. The second-order valence-electron chi connectivity index (χ2n) is 6.77. The second-order valence-corrected chi connectivity index (χ2v) is 9.07. The van der Waals surface area contributed by atoms with Crippen LogP contribution in [0.15, 0.2) is 34.8 Å². The van der Waals surface area contributed by atoms with E-state index < -0.39 is 11.9 Å². The van der Waals surface area contributed by atoms with Crippen LogP contribution in [-0.2, 0) is 0 Å². The normalized spacial score (nSPS) is 12.3. The van der Waals surface area contributed by atoms with Crippen molar-refractivity contribution in [3.63, 3.8) is 0 Å². The molecular weight excluding hydrogens is 497 g/mol. The zero-order valence-corrected chi connectivity index (χ0v) is 19.4. The Morgan fingerprint density at radius 2 is 1.93 bits per heavy atom. The monoisotopic (exact) mass is 515 g/mol.